The van der Waals surface area contributed by atoms with Crippen LogP contribution in [0.3, 0.4) is 0 Å². The zero-order valence-corrected chi connectivity index (χ0v) is 12.7. The molecule has 9 heteroatoms. The predicted octanol–water partition coefficient (Wildman–Crippen LogP) is 1.98. The summed E-state index contributed by atoms with van der Waals surface area (Å²) in [5.74, 6) is -0.0106. The Morgan fingerprint density at radius 2 is 1.62 bits per heavy atom. The van der Waals surface area contributed by atoms with Gasteiger partial charge in [0.1, 0.15) is 0 Å². The molecule has 0 fully saturated rings. The molecule has 0 aliphatic carbocycles. The molecule has 0 bridgehead atoms. The number of carbonyl (C=O) groups is 2. The van der Waals surface area contributed by atoms with Crippen molar-refractivity contribution in [1.82, 2.24) is 15.0 Å². The third-order valence-corrected chi connectivity index (χ3v) is 2.60. The van der Waals surface area contributed by atoms with E-state index in [-0.39, 0.29) is 17.4 Å². The van der Waals surface area contributed by atoms with Crippen molar-refractivity contribution in [3.8, 4) is 0 Å². The molecule has 2 aromatic heterocycles. The van der Waals surface area contributed by atoms with Crippen LogP contribution in [0, 0.1) is 13.8 Å². The van der Waals surface area contributed by atoms with Gasteiger partial charge in [-0.05, 0) is 25.4 Å². The molecule has 0 aromatic carbocycles. The van der Waals surface area contributed by atoms with Gasteiger partial charge >= 0.3 is 5.91 Å². The summed E-state index contributed by atoms with van der Waals surface area (Å²) in [5, 5.41) is 0.470. The molecule has 114 valence electrons. The van der Waals surface area contributed by atoms with Gasteiger partial charge < -0.3 is 8.83 Å². The molecule has 2 aromatic rings. The van der Waals surface area contributed by atoms with E-state index < -0.39 is 5.24 Å². The van der Waals surface area contributed by atoms with Gasteiger partial charge in [0.15, 0.2) is 12.8 Å². The van der Waals surface area contributed by atoms with Gasteiger partial charge in [-0.2, -0.15) is 0 Å². The van der Waals surface area contributed by atoms with Gasteiger partial charge in [0.25, 0.3) is 5.24 Å². The summed E-state index contributed by atoms with van der Waals surface area (Å²) < 4.78 is 9.50. The maximum absolute atomic E-state index is 11.3. The van der Waals surface area contributed by atoms with E-state index in [1.807, 2.05) is 0 Å². The van der Waals surface area contributed by atoms with E-state index in [1.165, 1.54) is 26.9 Å². The fourth-order valence-corrected chi connectivity index (χ4v) is 1.40. The topological polar surface area (TPSA) is 98.7 Å². The summed E-state index contributed by atoms with van der Waals surface area (Å²) >= 11 is 5.08. The highest BCUT2D eigenvalue weighted by molar-refractivity contribution is 6.67. The van der Waals surface area contributed by atoms with Gasteiger partial charge in [-0.25, -0.2) is 15.0 Å². The third-order valence-electron chi connectivity index (χ3n) is 2.42. The number of amides is 1. The minimum atomic E-state index is -0.606. The van der Waals surface area contributed by atoms with Crippen LogP contribution in [0.2, 0.25) is 0 Å². The Balaban J connectivity index is 0.000000219. The van der Waals surface area contributed by atoms with Gasteiger partial charge in [-0.15, -0.1) is 0 Å². The first kappa shape index (κ1) is 16.9. The molecule has 0 radical (unpaired) electrons. The Bertz CT molecular complexity index is 622. The number of carbonyl (C=O) groups excluding carboxylic acids is 2. The SMILES string of the molecule is CON(C)C(=O)c1ocnc1C.Cc1ncoc1C(=O)Cl. The van der Waals surface area contributed by atoms with Crippen molar-refractivity contribution in [1.29, 1.82) is 0 Å². The number of nitrogens with zero attached hydrogens (tertiary/aromatic N) is 3. The van der Waals surface area contributed by atoms with Crippen molar-refractivity contribution < 1.29 is 23.3 Å². The molecule has 8 nitrogen and oxygen atoms in total. The van der Waals surface area contributed by atoms with Gasteiger partial charge in [0.05, 0.1) is 18.5 Å². The van der Waals surface area contributed by atoms with Crippen molar-refractivity contribution >= 4 is 22.8 Å². The number of hydrogen-bond donors (Lipinski definition) is 0. The second-order valence-electron chi connectivity index (χ2n) is 3.79. The van der Waals surface area contributed by atoms with E-state index >= 15 is 0 Å². The first-order chi connectivity index (χ1) is 9.88. The Labute approximate surface area is 125 Å². The molecule has 0 unspecified atom stereocenters. The summed E-state index contributed by atoms with van der Waals surface area (Å²) in [7, 11) is 2.91. The number of aryl methyl sites for hydroxylation is 2. The molecule has 1 amide bonds. The average molecular weight is 316 g/mol. The van der Waals surface area contributed by atoms with Crippen LogP contribution in [0.5, 0.6) is 0 Å². The van der Waals surface area contributed by atoms with Crippen LogP contribution in [0.1, 0.15) is 32.5 Å². The van der Waals surface area contributed by atoms with E-state index in [4.69, 9.17) is 16.0 Å². The molecule has 0 saturated heterocycles. The lowest BCUT2D eigenvalue weighted by molar-refractivity contribution is -0.0774. The molecule has 2 heterocycles. The fraction of sp³-hybridized carbons (Fsp3) is 0.333. The van der Waals surface area contributed by atoms with Crippen LogP contribution >= 0.6 is 11.6 Å². The minimum Gasteiger partial charge on any atom is -0.439 e. The lowest BCUT2D eigenvalue weighted by Gasteiger charge is -2.11. The largest absolute Gasteiger partial charge is 0.439 e. The van der Waals surface area contributed by atoms with Gasteiger partial charge in [-0.3, -0.25) is 14.4 Å². The van der Waals surface area contributed by atoms with E-state index in [1.54, 1.807) is 13.8 Å². The number of oxazole rings is 2. The van der Waals surface area contributed by atoms with E-state index in [0.717, 1.165) is 5.06 Å². The normalized spacial score (nSPS) is 9.76. The third kappa shape index (κ3) is 4.40. The molecule has 21 heavy (non-hydrogen) atoms. The van der Waals surface area contributed by atoms with E-state index in [9.17, 15) is 9.59 Å². The minimum absolute atomic E-state index is 0.122. The summed E-state index contributed by atoms with van der Waals surface area (Å²) in [5.41, 5.74) is 1.08. The highest BCUT2D eigenvalue weighted by Crippen LogP contribution is 2.08. The van der Waals surface area contributed by atoms with Gasteiger partial charge in [0, 0.05) is 7.05 Å². The van der Waals surface area contributed by atoms with Crippen molar-refractivity contribution in [3.63, 3.8) is 0 Å². The number of aromatic nitrogens is 2. The average Bonchev–Trinajstić information content (AvgIpc) is 3.06. The summed E-state index contributed by atoms with van der Waals surface area (Å²) in [6.45, 7) is 3.35. The van der Waals surface area contributed by atoms with Crippen LogP contribution in [-0.2, 0) is 4.84 Å². The zero-order chi connectivity index (χ0) is 16.0. The number of rotatable bonds is 3. The van der Waals surface area contributed by atoms with E-state index in [0.29, 0.717) is 11.4 Å². The first-order valence-corrected chi connectivity index (χ1v) is 6.08. The molecular formula is C12H14ClN3O5. The quantitative estimate of drug-likeness (QED) is 0.630. The molecule has 0 aliphatic heterocycles. The van der Waals surface area contributed by atoms with Crippen LogP contribution < -0.4 is 0 Å². The number of hydrogen-bond acceptors (Lipinski definition) is 7. The van der Waals surface area contributed by atoms with Gasteiger partial charge in [0.2, 0.25) is 11.5 Å². The molecule has 0 aliphatic rings. The maximum atomic E-state index is 11.3. The Morgan fingerprint density at radius 1 is 1.14 bits per heavy atom. The van der Waals surface area contributed by atoms with Crippen LogP contribution in [0.25, 0.3) is 0 Å². The fourth-order valence-electron chi connectivity index (χ4n) is 1.22. The van der Waals surface area contributed by atoms with Crippen LogP contribution in [0.15, 0.2) is 21.6 Å². The zero-order valence-electron chi connectivity index (χ0n) is 11.9. The summed E-state index contributed by atoms with van der Waals surface area (Å²) in [6, 6.07) is 0. The Hall–Kier alpha value is -2.19. The van der Waals surface area contributed by atoms with Crippen molar-refractivity contribution in [3.05, 3.63) is 35.7 Å². The number of halogens is 1. The second-order valence-corrected chi connectivity index (χ2v) is 4.14. The summed E-state index contributed by atoms with van der Waals surface area (Å²) in [4.78, 5) is 33.8. The van der Waals surface area contributed by atoms with Crippen molar-refractivity contribution in [2.75, 3.05) is 14.2 Å². The molecule has 0 N–H and O–H groups in total. The van der Waals surface area contributed by atoms with Crippen molar-refractivity contribution in [2.24, 2.45) is 0 Å². The molecule has 2 rings (SSSR count). The Kier molecular flexibility index (Phi) is 6.07. The standard InChI is InChI=1S/C7H10N2O3.C5H4ClNO2/c1-5-6(12-4-8-5)7(10)9(2)11-3;1-3-4(5(6)8)9-2-7-3/h4H,1-3H3;2H,1H3. The van der Waals surface area contributed by atoms with Gasteiger partial charge in [-0.1, -0.05) is 0 Å². The smallest absolute Gasteiger partial charge is 0.314 e. The lowest BCUT2D eigenvalue weighted by Crippen LogP contribution is -2.25. The predicted molar refractivity (Wildman–Crippen MR) is 71.8 cm³/mol. The highest BCUT2D eigenvalue weighted by atomic mass is 35.5. The molecular weight excluding hydrogens is 302 g/mol. The second kappa shape index (κ2) is 7.55. The molecule has 0 atom stereocenters. The Morgan fingerprint density at radius 3 is 1.90 bits per heavy atom. The van der Waals surface area contributed by atoms with E-state index in [2.05, 4.69) is 19.2 Å². The molecule has 0 saturated carbocycles. The first-order valence-electron chi connectivity index (χ1n) is 5.70. The summed E-state index contributed by atoms with van der Waals surface area (Å²) in [6.07, 6.45) is 2.41. The number of hydroxylamine groups is 2. The highest BCUT2D eigenvalue weighted by Gasteiger charge is 2.17. The lowest BCUT2D eigenvalue weighted by atomic mass is 10.3. The molecule has 0 spiro atoms. The van der Waals surface area contributed by atoms with Crippen LogP contribution in [0.4, 0.5) is 0 Å². The van der Waals surface area contributed by atoms with Crippen LogP contribution in [-0.4, -0.2) is 40.3 Å². The monoisotopic (exact) mass is 315 g/mol. The maximum Gasteiger partial charge on any atom is 0.314 e. The van der Waals surface area contributed by atoms with Crippen molar-refractivity contribution in [2.45, 2.75) is 13.8 Å².